The van der Waals surface area contributed by atoms with Crippen LogP contribution in [0.25, 0.3) is 11.1 Å². The number of halogens is 1. The number of ether oxygens (including phenoxy) is 1. The predicted octanol–water partition coefficient (Wildman–Crippen LogP) is 4.26. The number of fused-ring (bicyclic) bond motifs is 1. The Balaban J connectivity index is 2.13. The minimum atomic E-state index is 0.0481. The van der Waals surface area contributed by atoms with Crippen LogP contribution in [-0.4, -0.2) is 6.61 Å². The van der Waals surface area contributed by atoms with Crippen molar-refractivity contribution in [2.24, 2.45) is 0 Å². The number of hydrogen-bond acceptors (Lipinski definition) is 2. The van der Waals surface area contributed by atoms with Gasteiger partial charge in [0.05, 0.1) is 6.61 Å². The molecule has 1 aliphatic rings. The lowest BCUT2D eigenvalue weighted by Gasteiger charge is -2.16. The summed E-state index contributed by atoms with van der Waals surface area (Å²) >= 11 is 5.94. The van der Waals surface area contributed by atoms with Crippen molar-refractivity contribution < 1.29 is 4.74 Å². The molecule has 19 heavy (non-hydrogen) atoms. The van der Waals surface area contributed by atoms with E-state index in [0.29, 0.717) is 10.7 Å². The molecular weight excluding hydrogens is 258 g/mol. The molecule has 3 rings (SSSR count). The van der Waals surface area contributed by atoms with Gasteiger partial charge in [-0.3, -0.25) is 0 Å². The van der Waals surface area contributed by atoms with Crippen LogP contribution in [0, 0.1) is 0 Å². The summed E-state index contributed by atoms with van der Waals surface area (Å²) < 4.78 is 5.70. The third-order valence-corrected chi connectivity index (χ3v) is 3.86. The molecule has 2 nitrogen and oxygen atoms in total. The first kappa shape index (κ1) is 12.4. The Hall–Kier alpha value is -1.67. The van der Waals surface area contributed by atoms with Crippen molar-refractivity contribution >= 4 is 17.3 Å². The highest BCUT2D eigenvalue weighted by molar-refractivity contribution is 6.31. The fraction of sp³-hybridized carbons (Fsp3) is 0.250. The second-order valence-corrected chi connectivity index (χ2v) is 6.05. The smallest absolute Gasteiger partial charge is 0.123 e. The molecule has 0 amide bonds. The van der Waals surface area contributed by atoms with Crippen LogP contribution >= 0.6 is 11.6 Å². The van der Waals surface area contributed by atoms with Crippen LogP contribution < -0.4 is 10.5 Å². The van der Waals surface area contributed by atoms with Crippen LogP contribution in [0.2, 0.25) is 5.02 Å². The topological polar surface area (TPSA) is 35.2 Å². The van der Waals surface area contributed by atoms with Crippen LogP contribution in [0.15, 0.2) is 36.4 Å². The molecule has 0 saturated heterocycles. The third-order valence-electron chi connectivity index (χ3n) is 3.62. The van der Waals surface area contributed by atoms with Crippen molar-refractivity contribution in [2.45, 2.75) is 19.3 Å². The second-order valence-electron chi connectivity index (χ2n) is 5.62. The van der Waals surface area contributed by atoms with Gasteiger partial charge in [0.1, 0.15) is 5.75 Å². The van der Waals surface area contributed by atoms with E-state index in [1.807, 2.05) is 24.3 Å². The SMILES string of the molecule is CC1(C)COc2ccc(-c3ccc(Cl)cc3N)cc21. The molecule has 0 unspecified atom stereocenters. The maximum atomic E-state index is 6.05. The van der Waals surface area contributed by atoms with Gasteiger partial charge in [-0.2, -0.15) is 0 Å². The number of hydrogen-bond donors (Lipinski definition) is 1. The van der Waals surface area contributed by atoms with Gasteiger partial charge in [0.15, 0.2) is 0 Å². The Kier molecular flexibility index (Phi) is 2.72. The first-order valence-electron chi connectivity index (χ1n) is 6.30. The second kappa shape index (κ2) is 4.17. The zero-order valence-electron chi connectivity index (χ0n) is 11.0. The normalized spacial score (nSPS) is 15.9. The number of rotatable bonds is 1. The van der Waals surface area contributed by atoms with Gasteiger partial charge in [-0.25, -0.2) is 0 Å². The lowest BCUT2D eigenvalue weighted by atomic mass is 9.85. The molecule has 1 aliphatic heterocycles. The molecule has 0 saturated carbocycles. The molecule has 3 heteroatoms. The van der Waals surface area contributed by atoms with E-state index >= 15 is 0 Å². The Morgan fingerprint density at radius 1 is 1.16 bits per heavy atom. The summed E-state index contributed by atoms with van der Waals surface area (Å²) in [4.78, 5) is 0. The molecule has 0 atom stereocenters. The van der Waals surface area contributed by atoms with Crippen molar-refractivity contribution in [2.75, 3.05) is 12.3 Å². The van der Waals surface area contributed by atoms with Crippen LogP contribution in [0.5, 0.6) is 5.75 Å². The summed E-state index contributed by atoms with van der Waals surface area (Å²) in [6.07, 6.45) is 0. The first-order valence-corrected chi connectivity index (χ1v) is 6.68. The fourth-order valence-electron chi connectivity index (χ4n) is 2.48. The molecule has 0 aromatic heterocycles. The zero-order chi connectivity index (χ0) is 13.6. The van der Waals surface area contributed by atoms with Gasteiger partial charge >= 0.3 is 0 Å². The van der Waals surface area contributed by atoms with E-state index in [9.17, 15) is 0 Å². The number of nitrogens with two attached hydrogens (primary N) is 1. The highest BCUT2D eigenvalue weighted by Gasteiger charge is 2.31. The predicted molar refractivity (Wildman–Crippen MR) is 79.8 cm³/mol. The number of nitrogen functional groups attached to an aromatic ring is 1. The van der Waals surface area contributed by atoms with Gasteiger partial charge < -0.3 is 10.5 Å². The van der Waals surface area contributed by atoms with E-state index < -0.39 is 0 Å². The zero-order valence-corrected chi connectivity index (χ0v) is 11.8. The summed E-state index contributed by atoms with van der Waals surface area (Å²) in [6, 6.07) is 11.8. The molecule has 98 valence electrons. The molecule has 2 N–H and O–H groups in total. The maximum Gasteiger partial charge on any atom is 0.123 e. The van der Waals surface area contributed by atoms with Gasteiger partial charge in [0.2, 0.25) is 0 Å². The lowest BCUT2D eigenvalue weighted by molar-refractivity contribution is 0.291. The van der Waals surface area contributed by atoms with Crippen molar-refractivity contribution in [1.82, 2.24) is 0 Å². The summed E-state index contributed by atoms with van der Waals surface area (Å²) in [6.45, 7) is 5.10. The number of benzene rings is 2. The van der Waals surface area contributed by atoms with Crippen LogP contribution in [-0.2, 0) is 5.41 Å². The molecule has 1 heterocycles. The fourth-order valence-corrected chi connectivity index (χ4v) is 2.67. The average molecular weight is 274 g/mol. The number of anilines is 1. The first-order chi connectivity index (χ1) is 8.97. The molecule has 0 fully saturated rings. The van der Waals surface area contributed by atoms with E-state index in [2.05, 4.69) is 19.9 Å². The third kappa shape index (κ3) is 2.06. The standard InChI is InChI=1S/C16H16ClNO/c1-16(2)9-19-15-6-3-10(7-13(15)16)12-5-4-11(17)8-14(12)18/h3-8H,9,18H2,1-2H3. The summed E-state index contributed by atoms with van der Waals surface area (Å²) in [5.74, 6) is 0.973. The minimum absolute atomic E-state index is 0.0481. The van der Waals surface area contributed by atoms with Crippen molar-refractivity contribution in [3.63, 3.8) is 0 Å². The lowest BCUT2D eigenvalue weighted by Crippen LogP contribution is -2.18. The van der Waals surface area contributed by atoms with Crippen LogP contribution in [0.4, 0.5) is 5.69 Å². The summed E-state index contributed by atoms with van der Waals surface area (Å²) in [5.41, 5.74) is 10.1. The van der Waals surface area contributed by atoms with Gasteiger partial charge in [-0.1, -0.05) is 37.6 Å². The van der Waals surface area contributed by atoms with Crippen molar-refractivity contribution in [1.29, 1.82) is 0 Å². The van der Waals surface area contributed by atoms with E-state index in [4.69, 9.17) is 22.1 Å². The molecule has 0 bridgehead atoms. The van der Waals surface area contributed by atoms with Gasteiger partial charge in [-0.15, -0.1) is 0 Å². The Bertz CT molecular complexity index is 649. The van der Waals surface area contributed by atoms with E-state index in [1.54, 1.807) is 6.07 Å². The molecule has 2 aromatic rings. The largest absolute Gasteiger partial charge is 0.492 e. The monoisotopic (exact) mass is 273 g/mol. The molecule has 0 aliphatic carbocycles. The quantitative estimate of drug-likeness (QED) is 0.788. The molecule has 2 aromatic carbocycles. The highest BCUT2D eigenvalue weighted by Crippen LogP contribution is 2.41. The minimum Gasteiger partial charge on any atom is -0.492 e. The van der Waals surface area contributed by atoms with E-state index in [-0.39, 0.29) is 5.41 Å². The average Bonchev–Trinajstić information content (AvgIpc) is 2.65. The Morgan fingerprint density at radius 3 is 2.68 bits per heavy atom. The van der Waals surface area contributed by atoms with Crippen LogP contribution in [0.1, 0.15) is 19.4 Å². The Labute approximate surface area is 118 Å². The molecule has 0 radical (unpaired) electrons. The Morgan fingerprint density at radius 2 is 1.95 bits per heavy atom. The highest BCUT2D eigenvalue weighted by atomic mass is 35.5. The summed E-state index contributed by atoms with van der Waals surface area (Å²) in [5, 5.41) is 0.658. The van der Waals surface area contributed by atoms with Crippen molar-refractivity contribution in [3.05, 3.63) is 47.0 Å². The van der Waals surface area contributed by atoms with Gasteiger partial charge in [0, 0.05) is 27.3 Å². The van der Waals surface area contributed by atoms with E-state index in [1.165, 1.54) is 5.56 Å². The van der Waals surface area contributed by atoms with E-state index in [0.717, 1.165) is 23.5 Å². The van der Waals surface area contributed by atoms with Gasteiger partial charge in [-0.05, 0) is 29.8 Å². The summed E-state index contributed by atoms with van der Waals surface area (Å²) in [7, 11) is 0. The van der Waals surface area contributed by atoms with Crippen molar-refractivity contribution in [3.8, 4) is 16.9 Å². The van der Waals surface area contributed by atoms with Gasteiger partial charge in [0.25, 0.3) is 0 Å². The maximum absolute atomic E-state index is 6.05. The molecular formula is C16H16ClNO. The van der Waals surface area contributed by atoms with Crippen LogP contribution in [0.3, 0.4) is 0 Å². The molecule has 0 spiro atoms.